The third kappa shape index (κ3) is 3.37. The quantitative estimate of drug-likeness (QED) is 0.724. The lowest BCUT2D eigenvalue weighted by Gasteiger charge is -2.17. The monoisotopic (exact) mass is 276 g/mol. The summed E-state index contributed by atoms with van der Waals surface area (Å²) < 4.78 is 0. The van der Waals surface area contributed by atoms with Crippen molar-refractivity contribution < 1.29 is 0 Å². The molecule has 0 amide bonds. The summed E-state index contributed by atoms with van der Waals surface area (Å²) in [6.07, 6.45) is 2.69. The van der Waals surface area contributed by atoms with E-state index in [1.807, 2.05) is 0 Å². The topological polar surface area (TPSA) is 78.5 Å². The van der Waals surface area contributed by atoms with E-state index in [-0.39, 0.29) is 0 Å². The van der Waals surface area contributed by atoms with Crippen LogP contribution in [0.3, 0.4) is 0 Å². The summed E-state index contributed by atoms with van der Waals surface area (Å²) in [7, 11) is 0. The largest absolute Gasteiger partial charge is 0.368 e. The molecular weight excluding hydrogens is 252 g/mol. The standard InChI is InChI=1S/C14H24N6/c1-5-6-15-14-19-12(16-7-10(4)9(2)3)11-13(20-14)18-8-17-11/h8-10H,5-7H2,1-4H3,(H3,15,16,17,18,19,20). The van der Waals surface area contributed by atoms with Crippen molar-refractivity contribution in [2.24, 2.45) is 11.8 Å². The Morgan fingerprint density at radius 3 is 2.70 bits per heavy atom. The normalized spacial score (nSPS) is 12.8. The van der Waals surface area contributed by atoms with Crippen LogP contribution in [-0.4, -0.2) is 33.0 Å². The lowest BCUT2D eigenvalue weighted by atomic mass is 9.98. The summed E-state index contributed by atoms with van der Waals surface area (Å²) >= 11 is 0. The number of aromatic amines is 1. The molecule has 6 nitrogen and oxygen atoms in total. The van der Waals surface area contributed by atoms with Crippen molar-refractivity contribution in [3.8, 4) is 0 Å². The SMILES string of the molecule is CCCNc1nc(NCC(C)C(C)C)c2[nH]cnc2n1. The van der Waals surface area contributed by atoms with Crippen LogP contribution in [0.5, 0.6) is 0 Å². The Hall–Kier alpha value is -1.85. The number of hydrogen-bond donors (Lipinski definition) is 3. The van der Waals surface area contributed by atoms with Crippen molar-refractivity contribution >= 4 is 22.9 Å². The van der Waals surface area contributed by atoms with Gasteiger partial charge in [-0.05, 0) is 18.3 Å². The summed E-state index contributed by atoms with van der Waals surface area (Å²) in [6.45, 7) is 10.6. The molecule has 1 unspecified atom stereocenters. The van der Waals surface area contributed by atoms with Gasteiger partial charge in [-0.1, -0.05) is 27.7 Å². The van der Waals surface area contributed by atoms with Gasteiger partial charge in [0.2, 0.25) is 5.95 Å². The van der Waals surface area contributed by atoms with E-state index in [4.69, 9.17) is 0 Å². The van der Waals surface area contributed by atoms with Gasteiger partial charge in [0.05, 0.1) is 6.33 Å². The maximum absolute atomic E-state index is 4.54. The number of anilines is 2. The first kappa shape index (κ1) is 14.6. The Balaban J connectivity index is 2.19. The minimum atomic E-state index is 0.579. The van der Waals surface area contributed by atoms with Gasteiger partial charge >= 0.3 is 0 Å². The van der Waals surface area contributed by atoms with E-state index in [1.54, 1.807) is 6.33 Å². The molecule has 2 aromatic rings. The van der Waals surface area contributed by atoms with Crippen molar-refractivity contribution in [2.75, 3.05) is 23.7 Å². The molecule has 2 aromatic heterocycles. The van der Waals surface area contributed by atoms with Gasteiger partial charge in [-0.3, -0.25) is 0 Å². The zero-order valence-electron chi connectivity index (χ0n) is 12.7. The van der Waals surface area contributed by atoms with Crippen molar-refractivity contribution in [1.29, 1.82) is 0 Å². The third-order valence-corrected chi connectivity index (χ3v) is 3.55. The van der Waals surface area contributed by atoms with Crippen molar-refractivity contribution in [3.05, 3.63) is 6.33 Å². The molecule has 6 heteroatoms. The number of fused-ring (bicyclic) bond motifs is 1. The molecule has 2 rings (SSSR count). The highest BCUT2D eigenvalue weighted by atomic mass is 15.2. The first-order chi connectivity index (χ1) is 9.61. The van der Waals surface area contributed by atoms with E-state index in [9.17, 15) is 0 Å². The molecule has 110 valence electrons. The molecule has 3 N–H and O–H groups in total. The lowest BCUT2D eigenvalue weighted by molar-refractivity contribution is 0.439. The molecular formula is C14H24N6. The van der Waals surface area contributed by atoms with Crippen LogP contribution in [0, 0.1) is 11.8 Å². The van der Waals surface area contributed by atoms with Gasteiger partial charge in [-0.15, -0.1) is 0 Å². The van der Waals surface area contributed by atoms with Gasteiger partial charge < -0.3 is 15.6 Å². The maximum Gasteiger partial charge on any atom is 0.226 e. The molecule has 0 radical (unpaired) electrons. The minimum absolute atomic E-state index is 0.579. The van der Waals surface area contributed by atoms with Crippen molar-refractivity contribution in [3.63, 3.8) is 0 Å². The van der Waals surface area contributed by atoms with Gasteiger partial charge in [-0.25, -0.2) is 4.98 Å². The highest BCUT2D eigenvalue weighted by molar-refractivity contribution is 5.83. The number of nitrogens with zero attached hydrogens (tertiary/aromatic N) is 3. The van der Waals surface area contributed by atoms with E-state index in [0.717, 1.165) is 30.8 Å². The maximum atomic E-state index is 4.54. The molecule has 20 heavy (non-hydrogen) atoms. The predicted molar refractivity (Wildman–Crippen MR) is 83.0 cm³/mol. The minimum Gasteiger partial charge on any atom is -0.368 e. The molecule has 0 aliphatic carbocycles. The fourth-order valence-electron chi connectivity index (χ4n) is 1.77. The van der Waals surface area contributed by atoms with E-state index < -0.39 is 0 Å². The van der Waals surface area contributed by atoms with Crippen LogP contribution in [-0.2, 0) is 0 Å². The number of imidazole rings is 1. The second-order valence-electron chi connectivity index (χ2n) is 5.53. The molecule has 0 saturated heterocycles. The van der Waals surface area contributed by atoms with Crippen LogP contribution in [0.2, 0.25) is 0 Å². The molecule has 0 aliphatic heterocycles. The van der Waals surface area contributed by atoms with Crippen LogP contribution in [0.4, 0.5) is 11.8 Å². The Morgan fingerprint density at radius 2 is 2.00 bits per heavy atom. The molecule has 0 spiro atoms. The van der Waals surface area contributed by atoms with Gasteiger partial charge in [0.15, 0.2) is 11.5 Å². The highest BCUT2D eigenvalue weighted by Crippen LogP contribution is 2.20. The van der Waals surface area contributed by atoms with E-state index >= 15 is 0 Å². The average molecular weight is 276 g/mol. The van der Waals surface area contributed by atoms with Gasteiger partial charge in [-0.2, -0.15) is 9.97 Å². The number of rotatable bonds is 7. The van der Waals surface area contributed by atoms with Crippen molar-refractivity contribution in [1.82, 2.24) is 19.9 Å². The summed E-state index contributed by atoms with van der Waals surface area (Å²) in [5.41, 5.74) is 1.56. The average Bonchev–Trinajstić information content (AvgIpc) is 2.90. The van der Waals surface area contributed by atoms with Gasteiger partial charge in [0.1, 0.15) is 5.52 Å². The second kappa shape index (κ2) is 6.54. The molecule has 0 aliphatic rings. The van der Waals surface area contributed by atoms with Crippen LogP contribution < -0.4 is 10.6 Å². The first-order valence-electron chi connectivity index (χ1n) is 7.30. The Bertz CT molecular complexity index is 548. The fourth-order valence-corrected chi connectivity index (χ4v) is 1.77. The number of hydrogen-bond acceptors (Lipinski definition) is 5. The highest BCUT2D eigenvalue weighted by Gasteiger charge is 2.12. The Labute approximate surface area is 119 Å². The fraction of sp³-hybridized carbons (Fsp3) is 0.643. The summed E-state index contributed by atoms with van der Waals surface area (Å²) in [5, 5.41) is 6.62. The zero-order valence-corrected chi connectivity index (χ0v) is 12.7. The predicted octanol–water partition coefficient (Wildman–Crippen LogP) is 2.88. The first-order valence-corrected chi connectivity index (χ1v) is 7.30. The number of nitrogens with one attached hydrogen (secondary N) is 3. The van der Waals surface area contributed by atoms with E-state index in [1.165, 1.54) is 0 Å². The van der Waals surface area contributed by atoms with Crippen LogP contribution in [0.25, 0.3) is 11.2 Å². The molecule has 0 bridgehead atoms. The number of H-pyrrole nitrogens is 1. The van der Waals surface area contributed by atoms with Crippen LogP contribution in [0.15, 0.2) is 6.33 Å². The Kier molecular flexibility index (Phi) is 4.76. The van der Waals surface area contributed by atoms with Gasteiger partial charge in [0, 0.05) is 13.1 Å². The number of aromatic nitrogens is 4. The van der Waals surface area contributed by atoms with Gasteiger partial charge in [0.25, 0.3) is 0 Å². The van der Waals surface area contributed by atoms with Crippen molar-refractivity contribution in [2.45, 2.75) is 34.1 Å². The van der Waals surface area contributed by atoms with Crippen LogP contribution >= 0.6 is 0 Å². The molecule has 0 saturated carbocycles. The van der Waals surface area contributed by atoms with Crippen LogP contribution in [0.1, 0.15) is 34.1 Å². The molecule has 2 heterocycles. The lowest BCUT2D eigenvalue weighted by Crippen LogP contribution is -2.17. The second-order valence-corrected chi connectivity index (χ2v) is 5.53. The summed E-state index contributed by atoms with van der Waals surface area (Å²) in [4.78, 5) is 16.3. The molecule has 0 fully saturated rings. The Morgan fingerprint density at radius 1 is 1.20 bits per heavy atom. The summed E-state index contributed by atoms with van der Waals surface area (Å²) in [5.74, 6) is 2.67. The zero-order chi connectivity index (χ0) is 14.5. The third-order valence-electron chi connectivity index (χ3n) is 3.55. The smallest absolute Gasteiger partial charge is 0.226 e. The molecule has 0 aromatic carbocycles. The summed E-state index contributed by atoms with van der Waals surface area (Å²) in [6, 6.07) is 0. The van der Waals surface area contributed by atoms with E-state index in [0.29, 0.717) is 23.4 Å². The van der Waals surface area contributed by atoms with E-state index in [2.05, 4.69) is 58.3 Å². The molecule has 1 atom stereocenters.